The number of aryl methyl sites for hydroxylation is 1. The lowest BCUT2D eigenvalue weighted by Crippen LogP contribution is -2.42. The fourth-order valence-electron chi connectivity index (χ4n) is 4.17. The summed E-state index contributed by atoms with van der Waals surface area (Å²) >= 11 is 0. The standard InChI is InChI=1S/C25H22N4O/c1-18-12-14-20(15-13-18)23-16-22(19-8-4-2-5-9-19)28(25-26-17-27-29(23)25)24(30)21-10-6-3-7-11-21/h2-15,17,22-23H,16H2,1H3/t22-,23-/m0/s1. The van der Waals surface area contributed by atoms with Crippen LogP contribution in [0, 0.1) is 6.92 Å². The van der Waals surface area contributed by atoms with Crippen molar-refractivity contribution in [1.29, 1.82) is 0 Å². The summed E-state index contributed by atoms with van der Waals surface area (Å²) in [7, 11) is 0. The normalized spacial score (nSPS) is 18.1. The summed E-state index contributed by atoms with van der Waals surface area (Å²) in [5.74, 6) is 0.510. The highest BCUT2D eigenvalue weighted by Gasteiger charge is 2.39. The minimum Gasteiger partial charge on any atom is -0.269 e. The molecular weight excluding hydrogens is 372 g/mol. The summed E-state index contributed by atoms with van der Waals surface area (Å²) in [6, 6.07) is 27.9. The highest BCUT2D eigenvalue weighted by atomic mass is 16.2. The summed E-state index contributed by atoms with van der Waals surface area (Å²) < 4.78 is 1.88. The minimum atomic E-state index is -0.137. The number of rotatable bonds is 3. The van der Waals surface area contributed by atoms with Crippen molar-refractivity contribution in [1.82, 2.24) is 14.8 Å². The van der Waals surface area contributed by atoms with Crippen LogP contribution in [0.1, 0.15) is 45.6 Å². The van der Waals surface area contributed by atoms with Gasteiger partial charge in [0, 0.05) is 5.56 Å². The van der Waals surface area contributed by atoms with Crippen molar-refractivity contribution in [3.8, 4) is 0 Å². The van der Waals surface area contributed by atoms with Gasteiger partial charge in [0.1, 0.15) is 6.33 Å². The number of benzene rings is 3. The van der Waals surface area contributed by atoms with Crippen molar-refractivity contribution in [3.05, 3.63) is 114 Å². The molecule has 1 aromatic heterocycles. The van der Waals surface area contributed by atoms with Crippen LogP contribution in [0.3, 0.4) is 0 Å². The van der Waals surface area contributed by atoms with E-state index in [0.29, 0.717) is 11.5 Å². The molecule has 5 rings (SSSR count). The summed E-state index contributed by atoms with van der Waals surface area (Å²) in [5.41, 5.74) is 4.11. The van der Waals surface area contributed by atoms with Gasteiger partial charge < -0.3 is 0 Å². The second-order valence-electron chi connectivity index (χ2n) is 7.63. The molecule has 2 atom stereocenters. The number of aromatic nitrogens is 3. The Morgan fingerprint density at radius 1 is 0.833 bits per heavy atom. The highest BCUT2D eigenvalue weighted by Crippen LogP contribution is 2.42. The van der Waals surface area contributed by atoms with Crippen LogP contribution in [0.15, 0.2) is 91.3 Å². The van der Waals surface area contributed by atoms with Gasteiger partial charge in [0.15, 0.2) is 0 Å². The molecular formula is C25H22N4O. The number of carbonyl (C=O) groups is 1. The van der Waals surface area contributed by atoms with E-state index in [1.165, 1.54) is 17.5 Å². The smallest absolute Gasteiger partial charge is 0.261 e. The molecule has 0 unspecified atom stereocenters. The largest absolute Gasteiger partial charge is 0.269 e. The van der Waals surface area contributed by atoms with Crippen molar-refractivity contribution in [2.75, 3.05) is 4.90 Å². The van der Waals surface area contributed by atoms with Gasteiger partial charge in [-0.1, -0.05) is 78.4 Å². The molecule has 1 aliphatic rings. The van der Waals surface area contributed by atoms with E-state index in [4.69, 9.17) is 0 Å². The Morgan fingerprint density at radius 2 is 1.47 bits per heavy atom. The molecule has 5 nitrogen and oxygen atoms in total. The zero-order valence-corrected chi connectivity index (χ0v) is 16.7. The van der Waals surface area contributed by atoms with E-state index in [1.807, 2.05) is 53.2 Å². The van der Waals surface area contributed by atoms with E-state index in [1.54, 1.807) is 4.90 Å². The average Bonchev–Trinajstić information content (AvgIpc) is 3.29. The fraction of sp³-hybridized carbons (Fsp3) is 0.160. The molecule has 0 fully saturated rings. The average molecular weight is 394 g/mol. The Balaban J connectivity index is 1.64. The third-order valence-corrected chi connectivity index (χ3v) is 5.71. The molecule has 0 aliphatic carbocycles. The topological polar surface area (TPSA) is 51.0 Å². The molecule has 0 spiro atoms. The lowest BCUT2D eigenvalue weighted by molar-refractivity contribution is 0.0963. The summed E-state index contributed by atoms with van der Waals surface area (Å²) in [4.78, 5) is 19.9. The van der Waals surface area contributed by atoms with Gasteiger partial charge in [-0.05, 0) is 36.6 Å². The van der Waals surface area contributed by atoms with Gasteiger partial charge in [-0.2, -0.15) is 10.1 Å². The molecule has 30 heavy (non-hydrogen) atoms. The fourth-order valence-corrected chi connectivity index (χ4v) is 4.17. The number of carbonyl (C=O) groups excluding carboxylic acids is 1. The van der Waals surface area contributed by atoms with Gasteiger partial charge in [0.2, 0.25) is 5.95 Å². The second kappa shape index (κ2) is 7.59. The Bertz CT molecular complexity index is 1150. The van der Waals surface area contributed by atoms with Crippen molar-refractivity contribution in [2.24, 2.45) is 0 Å². The quantitative estimate of drug-likeness (QED) is 0.493. The SMILES string of the molecule is Cc1ccc([C@@H]2C[C@@H](c3ccccc3)N(C(=O)c3ccccc3)c3ncnn32)cc1. The zero-order valence-electron chi connectivity index (χ0n) is 16.7. The maximum absolute atomic E-state index is 13.6. The van der Waals surface area contributed by atoms with Crippen LogP contribution < -0.4 is 4.90 Å². The van der Waals surface area contributed by atoms with E-state index < -0.39 is 0 Å². The first-order valence-corrected chi connectivity index (χ1v) is 10.1. The van der Waals surface area contributed by atoms with Crippen molar-refractivity contribution >= 4 is 11.9 Å². The molecule has 4 aromatic rings. The van der Waals surface area contributed by atoms with Crippen molar-refractivity contribution < 1.29 is 4.79 Å². The maximum Gasteiger partial charge on any atom is 0.261 e. The molecule has 5 heteroatoms. The third-order valence-electron chi connectivity index (χ3n) is 5.71. The van der Waals surface area contributed by atoms with E-state index in [-0.39, 0.29) is 18.0 Å². The van der Waals surface area contributed by atoms with Gasteiger partial charge in [0.25, 0.3) is 5.91 Å². The Hall–Kier alpha value is -3.73. The molecule has 0 bridgehead atoms. The van der Waals surface area contributed by atoms with Gasteiger partial charge in [0.05, 0.1) is 12.1 Å². The molecule has 148 valence electrons. The molecule has 0 saturated carbocycles. The summed E-state index contributed by atoms with van der Waals surface area (Å²) in [5, 5.41) is 4.50. The number of anilines is 1. The molecule has 3 aromatic carbocycles. The minimum absolute atomic E-state index is 0.00753. The van der Waals surface area contributed by atoms with Crippen LogP contribution in [0.4, 0.5) is 5.95 Å². The number of hydrogen-bond acceptors (Lipinski definition) is 3. The Morgan fingerprint density at radius 3 is 2.17 bits per heavy atom. The first-order chi connectivity index (χ1) is 14.7. The predicted molar refractivity (Wildman–Crippen MR) is 116 cm³/mol. The van der Waals surface area contributed by atoms with Crippen molar-refractivity contribution in [2.45, 2.75) is 25.4 Å². The monoisotopic (exact) mass is 394 g/mol. The maximum atomic E-state index is 13.6. The summed E-state index contributed by atoms with van der Waals surface area (Å²) in [6.45, 7) is 2.08. The molecule has 1 aliphatic heterocycles. The van der Waals surface area contributed by atoms with E-state index >= 15 is 0 Å². The van der Waals surface area contributed by atoms with E-state index in [0.717, 1.165) is 12.0 Å². The van der Waals surface area contributed by atoms with Crippen LogP contribution in [0.5, 0.6) is 0 Å². The Kier molecular flexibility index (Phi) is 4.64. The number of fused-ring (bicyclic) bond motifs is 1. The van der Waals surface area contributed by atoms with Gasteiger partial charge >= 0.3 is 0 Å². The van der Waals surface area contributed by atoms with Gasteiger partial charge in [-0.3, -0.25) is 9.69 Å². The first-order valence-electron chi connectivity index (χ1n) is 10.1. The molecule has 1 amide bonds. The van der Waals surface area contributed by atoms with Crippen LogP contribution in [-0.4, -0.2) is 20.7 Å². The van der Waals surface area contributed by atoms with Gasteiger partial charge in [-0.15, -0.1) is 0 Å². The number of hydrogen-bond donors (Lipinski definition) is 0. The number of nitrogens with zero attached hydrogens (tertiary/aromatic N) is 4. The molecule has 0 N–H and O–H groups in total. The van der Waals surface area contributed by atoms with Crippen LogP contribution in [0.2, 0.25) is 0 Å². The summed E-state index contributed by atoms with van der Waals surface area (Å²) in [6.07, 6.45) is 2.26. The lowest BCUT2D eigenvalue weighted by atomic mass is 9.91. The van der Waals surface area contributed by atoms with Crippen LogP contribution in [0.25, 0.3) is 0 Å². The van der Waals surface area contributed by atoms with Crippen LogP contribution in [-0.2, 0) is 0 Å². The molecule has 2 heterocycles. The van der Waals surface area contributed by atoms with Crippen molar-refractivity contribution in [3.63, 3.8) is 0 Å². The van der Waals surface area contributed by atoms with E-state index in [2.05, 4.69) is 53.4 Å². The highest BCUT2D eigenvalue weighted by molar-refractivity contribution is 6.05. The molecule has 0 saturated heterocycles. The first kappa shape index (κ1) is 18.3. The lowest BCUT2D eigenvalue weighted by Gasteiger charge is -2.39. The van der Waals surface area contributed by atoms with Gasteiger partial charge in [-0.25, -0.2) is 4.68 Å². The molecule has 0 radical (unpaired) electrons. The van der Waals surface area contributed by atoms with E-state index in [9.17, 15) is 4.79 Å². The number of amides is 1. The third kappa shape index (κ3) is 3.18. The second-order valence-corrected chi connectivity index (χ2v) is 7.63. The zero-order chi connectivity index (χ0) is 20.5. The van der Waals surface area contributed by atoms with Crippen LogP contribution >= 0.6 is 0 Å². The predicted octanol–water partition coefficient (Wildman–Crippen LogP) is 4.97. The Labute approximate surface area is 175 Å².